The molecule has 0 fully saturated rings. The quantitative estimate of drug-likeness (QED) is 0.888. The number of phenolic OH excluding ortho intramolecular Hbond substituents is 1. The van der Waals surface area contributed by atoms with Crippen molar-refractivity contribution in [2.24, 2.45) is 0 Å². The van der Waals surface area contributed by atoms with E-state index in [0.29, 0.717) is 10.6 Å². The molecule has 0 amide bonds. The van der Waals surface area contributed by atoms with Gasteiger partial charge in [0.25, 0.3) is 0 Å². The summed E-state index contributed by atoms with van der Waals surface area (Å²) < 4.78 is 19.6. The van der Waals surface area contributed by atoms with Gasteiger partial charge in [0.15, 0.2) is 0 Å². The van der Waals surface area contributed by atoms with Crippen molar-refractivity contribution in [3.05, 3.63) is 48.5 Å². The fourth-order valence-corrected chi connectivity index (χ4v) is 2.65. The van der Waals surface area contributed by atoms with Gasteiger partial charge in [-0.2, -0.15) is 0 Å². The number of rotatable bonds is 3. The van der Waals surface area contributed by atoms with Gasteiger partial charge in [-0.05, 0) is 23.8 Å². The smallest absolute Gasteiger partial charge is 0.123 e. The Hall–Kier alpha value is -1.81. The molecule has 1 atom stereocenters. The number of phenols is 1. The largest absolute Gasteiger partial charge is 0.507 e. The number of hydrogen-bond acceptors (Lipinski definition) is 3. The predicted molar refractivity (Wildman–Crippen MR) is 73.2 cm³/mol. The van der Waals surface area contributed by atoms with Gasteiger partial charge in [0.2, 0.25) is 0 Å². The van der Waals surface area contributed by atoms with Gasteiger partial charge in [0.1, 0.15) is 5.75 Å². The van der Waals surface area contributed by atoms with Crippen LogP contribution in [0.2, 0.25) is 0 Å². The first kappa shape index (κ1) is 12.6. The molecule has 0 aliphatic carbocycles. The van der Waals surface area contributed by atoms with E-state index in [1.54, 1.807) is 43.3 Å². The lowest BCUT2D eigenvalue weighted by Gasteiger charge is -2.07. The van der Waals surface area contributed by atoms with Gasteiger partial charge in [-0.15, -0.1) is 0 Å². The maximum atomic E-state index is 11.9. The summed E-state index contributed by atoms with van der Waals surface area (Å²) in [6.07, 6.45) is 0. The normalized spacial score (nSPS) is 14.1. The van der Waals surface area contributed by atoms with Crippen LogP contribution in [0.1, 0.15) is 6.92 Å². The first-order valence-corrected chi connectivity index (χ1v) is 7.42. The second-order valence-corrected chi connectivity index (χ2v) is 6.40. The van der Waals surface area contributed by atoms with Crippen molar-refractivity contribution in [3.63, 3.8) is 0 Å². The molecule has 0 aromatic heterocycles. The molecule has 1 unspecified atom stereocenters. The summed E-state index contributed by atoms with van der Waals surface area (Å²) in [6.45, 7) is 1.74. The zero-order chi connectivity index (χ0) is 13.2. The number of nitrogens with one attached hydrogen (secondary N) is 1. The van der Waals surface area contributed by atoms with E-state index in [9.17, 15) is 9.32 Å². The lowest BCUT2D eigenvalue weighted by molar-refractivity contribution is 0.477. The van der Waals surface area contributed by atoms with Crippen LogP contribution in [0.4, 0.5) is 0 Å². The van der Waals surface area contributed by atoms with E-state index < -0.39 is 9.73 Å². The molecule has 0 saturated heterocycles. The Morgan fingerprint density at radius 1 is 1.11 bits per heavy atom. The lowest BCUT2D eigenvalue weighted by atomic mass is 10.1. The highest BCUT2D eigenvalue weighted by Crippen LogP contribution is 2.29. The maximum absolute atomic E-state index is 11.9. The molecule has 0 aliphatic heterocycles. The summed E-state index contributed by atoms with van der Waals surface area (Å²) in [6, 6.07) is 14.0. The highest BCUT2D eigenvalue weighted by molar-refractivity contribution is 7.92. The number of benzene rings is 2. The molecule has 0 radical (unpaired) electrons. The number of hydrogen-bond donors (Lipinski definition) is 2. The van der Waals surface area contributed by atoms with E-state index in [2.05, 4.69) is 0 Å². The predicted octanol–water partition coefficient (Wildman–Crippen LogP) is 3.48. The highest BCUT2D eigenvalue weighted by Gasteiger charge is 2.08. The van der Waals surface area contributed by atoms with E-state index >= 15 is 0 Å². The van der Waals surface area contributed by atoms with Crippen molar-refractivity contribution in [2.75, 3.05) is 5.75 Å². The SMILES string of the molecule is CCS(=N)(=O)c1ccc(-c2ccccc2O)cc1. The molecule has 2 rings (SSSR count). The molecule has 0 bridgehead atoms. The molecule has 3 nitrogen and oxygen atoms in total. The minimum Gasteiger partial charge on any atom is -0.507 e. The number of para-hydroxylation sites is 1. The Morgan fingerprint density at radius 2 is 1.72 bits per heavy atom. The average Bonchev–Trinajstić information content (AvgIpc) is 2.39. The topological polar surface area (TPSA) is 61.2 Å². The van der Waals surface area contributed by atoms with E-state index in [1.807, 2.05) is 12.1 Å². The first-order valence-electron chi connectivity index (χ1n) is 5.69. The van der Waals surface area contributed by atoms with Gasteiger partial charge in [-0.1, -0.05) is 37.3 Å². The summed E-state index contributed by atoms with van der Waals surface area (Å²) >= 11 is 0. The van der Waals surface area contributed by atoms with E-state index in [4.69, 9.17) is 4.78 Å². The van der Waals surface area contributed by atoms with E-state index in [-0.39, 0.29) is 5.75 Å². The van der Waals surface area contributed by atoms with Crippen LogP contribution in [0.3, 0.4) is 0 Å². The number of aromatic hydroxyl groups is 1. The Morgan fingerprint density at radius 3 is 2.28 bits per heavy atom. The average molecular weight is 261 g/mol. The fourth-order valence-electron chi connectivity index (χ4n) is 1.74. The van der Waals surface area contributed by atoms with Crippen LogP contribution >= 0.6 is 0 Å². The van der Waals surface area contributed by atoms with Crippen LogP contribution in [0.5, 0.6) is 5.75 Å². The summed E-state index contributed by atoms with van der Waals surface area (Å²) in [4.78, 5) is 0.532. The third-order valence-corrected chi connectivity index (χ3v) is 4.70. The van der Waals surface area contributed by atoms with Crippen molar-refractivity contribution in [1.29, 1.82) is 4.78 Å². The molecule has 2 aromatic rings. The van der Waals surface area contributed by atoms with Crippen LogP contribution in [-0.4, -0.2) is 15.1 Å². The lowest BCUT2D eigenvalue weighted by Crippen LogP contribution is -2.00. The van der Waals surface area contributed by atoms with Gasteiger partial charge in [-0.3, -0.25) is 0 Å². The Bertz CT molecular complexity index is 646. The van der Waals surface area contributed by atoms with Gasteiger partial charge in [0.05, 0.1) is 9.73 Å². The van der Waals surface area contributed by atoms with Crippen molar-refractivity contribution >= 4 is 9.73 Å². The van der Waals surface area contributed by atoms with Gasteiger partial charge >= 0.3 is 0 Å². The summed E-state index contributed by atoms with van der Waals surface area (Å²) in [5, 5.41) is 9.75. The van der Waals surface area contributed by atoms with E-state index in [1.165, 1.54) is 0 Å². The maximum Gasteiger partial charge on any atom is 0.123 e. The third-order valence-electron chi connectivity index (χ3n) is 2.86. The summed E-state index contributed by atoms with van der Waals surface area (Å²) in [5.74, 6) is 0.524. The van der Waals surface area contributed by atoms with Crippen LogP contribution in [0.25, 0.3) is 11.1 Å². The van der Waals surface area contributed by atoms with Crippen molar-refractivity contribution in [3.8, 4) is 16.9 Å². The van der Waals surface area contributed by atoms with Crippen molar-refractivity contribution < 1.29 is 9.32 Å². The summed E-state index contributed by atoms with van der Waals surface area (Å²) in [5.41, 5.74) is 1.58. The zero-order valence-corrected chi connectivity index (χ0v) is 10.9. The van der Waals surface area contributed by atoms with Crippen molar-refractivity contribution in [2.45, 2.75) is 11.8 Å². The molecule has 2 aromatic carbocycles. The Kier molecular flexibility index (Phi) is 3.39. The zero-order valence-electron chi connectivity index (χ0n) is 10.1. The highest BCUT2D eigenvalue weighted by atomic mass is 32.2. The van der Waals surface area contributed by atoms with Gasteiger partial charge in [0, 0.05) is 16.2 Å². The molecule has 4 heteroatoms. The van der Waals surface area contributed by atoms with Crippen LogP contribution < -0.4 is 0 Å². The fraction of sp³-hybridized carbons (Fsp3) is 0.143. The molecule has 0 heterocycles. The monoisotopic (exact) mass is 261 g/mol. The van der Waals surface area contributed by atoms with E-state index in [0.717, 1.165) is 11.1 Å². The second-order valence-electron chi connectivity index (χ2n) is 4.01. The molecule has 94 valence electrons. The minimum atomic E-state index is -2.67. The second kappa shape index (κ2) is 4.82. The van der Waals surface area contributed by atoms with Crippen LogP contribution in [0, 0.1) is 4.78 Å². The van der Waals surface area contributed by atoms with Crippen LogP contribution in [0.15, 0.2) is 53.4 Å². The Labute approximate surface area is 107 Å². The standard InChI is InChI=1S/C14H15NO2S/c1-2-18(15,17)12-9-7-11(8-10-12)13-5-3-4-6-14(13)16/h3-10,15-16H,2H2,1H3. The van der Waals surface area contributed by atoms with Crippen LogP contribution in [-0.2, 0) is 9.73 Å². The Balaban J connectivity index is 2.43. The molecular formula is C14H15NO2S. The van der Waals surface area contributed by atoms with Gasteiger partial charge < -0.3 is 5.11 Å². The molecular weight excluding hydrogens is 246 g/mol. The molecule has 0 saturated carbocycles. The minimum absolute atomic E-state index is 0.215. The molecule has 18 heavy (non-hydrogen) atoms. The molecule has 0 spiro atoms. The summed E-state index contributed by atoms with van der Waals surface area (Å²) in [7, 11) is -2.67. The van der Waals surface area contributed by atoms with Gasteiger partial charge in [-0.25, -0.2) is 8.99 Å². The molecule has 0 aliphatic rings. The van der Waals surface area contributed by atoms with Crippen molar-refractivity contribution in [1.82, 2.24) is 0 Å². The molecule has 2 N–H and O–H groups in total. The third kappa shape index (κ3) is 2.38. The first-order chi connectivity index (χ1) is 8.54.